The van der Waals surface area contributed by atoms with E-state index in [1.54, 1.807) is 0 Å². The Kier molecular flexibility index (Phi) is 4.80. The van der Waals surface area contributed by atoms with Crippen molar-refractivity contribution in [3.63, 3.8) is 0 Å². The summed E-state index contributed by atoms with van der Waals surface area (Å²) in [6.07, 6.45) is 5.67. The molecule has 5 heteroatoms. The maximum absolute atomic E-state index is 4.77. The molecule has 1 aliphatic heterocycles. The molecule has 0 saturated carbocycles. The molecule has 0 radical (unpaired) electrons. The Morgan fingerprint density at radius 1 is 1.15 bits per heavy atom. The van der Waals surface area contributed by atoms with Crippen LogP contribution in [0.5, 0.6) is 0 Å². The van der Waals surface area contributed by atoms with Crippen LogP contribution in [0, 0.1) is 0 Å². The van der Waals surface area contributed by atoms with Crippen LogP contribution in [0.4, 0.5) is 0 Å². The molecule has 5 nitrogen and oxygen atoms in total. The zero-order valence-electron chi connectivity index (χ0n) is 15.4. The number of rotatable bonds is 5. The zero-order chi connectivity index (χ0) is 17.9. The van der Waals surface area contributed by atoms with E-state index in [0.717, 1.165) is 37.4 Å². The van der Waals surface area contributed by atoms with Gasteiger partial charge in [-0.2, -0.15) is 0 Å². The summed E-state index contributed by atoms with van der Waals surface area (Å²) in [6.45, 7) is 6.10. The lowest BCUT2D eigenvalue weighted by Gasteiger charge is -2.35. The average molecular weight is 347 g/mol. The summed E-state index contributed by atoms with van der Waals surface area (Å²) < 4.78 is 0. The molecule has 4 rings (SSSR count). The van der Waals surface area contributed by atoms with Crippen molar-refractivity contribution >= 4 is 0 Å². The van der Waals surface area contributed by atoms with Gasteiger partial charge in [0.05, 0.1) is 23.8 Å². The molecular weight excluding hydrogens is 322 g/mol. The van der Waals surface area contributed by atoms with Crippen LogP contribution < -0.4 is 0 Å². The molecule has 0 bridgehead atoms. The van der Waals surface area contributed by atoms with Crippen LogP contribution in [0.15, 0.2) is 48.9 Å². The highest BCUT2D eigenvalue weighted by Crippen LogP contribution is 2.31. The van der Waals surface area contributed by atoms with E-state index in [2.05, 4.69) is 64.0 Å². The Morgan fingerprint density at radius 2 is 2.00 bits per heavy atom. The minimum absolute atomic E-state index is 0.268. The largest absolute Gasteiger partial charge is 0.348 e. The molecule has 3 heterocycles. The van der Waals surface area contributed by atoms with Crippen LogP contribution in [0.25, 0.3) is 0 Å². The fourth-order valence-electron chi connectivity index (χ4n) is 3.64. The van der Waals surface area contributed by atoms with Crippen molar-refractivity contribution in [2.24, 2.45) is 0 Å². The highest BCUT2D eigenvalue weighted by Gasteiger charge is 2.30. The van der Waals surface area contributed by atoms with Crippen molar-refractivity contribution < 1.29 is 0 Å². The number of nitrogens with zero attached hydrogens (tertiary/aromatic N) is 4. The van der Waals surface area contributed by atoms with Gasteiger partial charge in [0.25, 0.3) is 0 Å². The standard InChI is InChI=1S/C21H25N5/c1-15(2)21-22-10-8-17(25-21)13-26-11-9-18-20(24-14-23-18)19(26)12-16-6-4-3-5-7-16/h3-8,10,14-15,19H,9,11-13H2,1-2H3,(H,23,24)/t19-/m1/s1. The van der Waals surface area contributed by atoms with Gasteiger partial charge in [0.15, 0.2) is 0 Å². The lowest BCUT2D eigenvalue weighted by atomic mass is 9.96. The molecule has 0 spiro atoms. The number of aromatic nitrogens is 4. The third-order valence-corrected chi connectivity index (χ3v) is 5.04. The maximum Gasteiger partial charge on any atom is 0.131 e. The number of hydrogen-bond acceptors (Lipinski definition) is 4. The number of aromatic amines is 1. The summed E-state index contributed by atoms with van der Waals surface area (Å²) >= 11 is 0. The van der Waals surface area contributed by atoms with Crippen LogP contribution >= 0.6 is 0 Å². The van der Waals surface area contributed by atoms with E-state index in [4.69, 9.17) is 4.98 Å². The first-order valence-electron chi connectivity index (χ1n) is 9.32. The van der Waals surface area contributed by atoms with Gasteiger partial charge in [0.1, 0.15) is 5.82 Å². The van der Waals surface area contributed by atoms with Crippen LogP contribution in [-0.4, -0.2) is 31.4 Å². The molecule has 1 aliphatic rings. The van der Waals surface area contributed by atoms with Crippen molar-refractivity contribution in [2.45, 2.75) is 45.2 Å². The summed E-state index contributed by atoms with van der Waals surface area (Å²) in [5, 5.41) is 0. The number of benzene rings is 1. The second kappa shape index (κ2) is 7.38. The van der Waals surface area contributed by atoms with E-state index in [1.165, 1.54) is 17.0 Å². The van der Waals surface area contributed by atoms with Gasteiger partial charge in [-0.05, 0) is 18.1 Å². The van der Waals surface area contributed by atoms with Crippen LogP contribution in [0.2, 0.25) is 0 Å². The Hall–Kier alpha value is -2.53. The van der Waals surface area contributed by atoms with Gasteiger partial charge < -0.3 is 4.98 Å². The molecule has 1 aromatic carbocycles. The normalized spacial score (nSPS) is 17.4. The van der Waals surface area contributed by atoms with Gasteiger partial charge in [-0.15, -0.1) is 0 Å². The van der Waals surface area contributed by atoms with Gasteiger partial charge in [-0.25, -0.2) is 15.0 Å². The van der Waals surface area contributed by atoms with Gasteiger partial charge in [0, 0.05) is 37.3 Å². The summed E-state index contributed by atoms with van der Waals surface area (Å²) in [5.41, 5.74) is 4.87. The quantitative estimate of drug-likeness (QED) is 0.765. The molecule has 26 heavy (non-hydrogen) atoms. The SMILES string of the molecule is CC(C)c1nccc(CN2CCc3[nH]cnc3[C@H]2Cc2ccccc2)n1. The Balaban J connectivity index is 1.60. The predicted molar refractivity (Wildman–Crippen MR) is 102 cm³/mol. The first kappa shape index (κ1) is 16.9. The highest BCUT2D eigenvalue weighted by molar-refractivity contribution is 5.25. The molecule has 0 saturated heterocycles. The fraction of sp³-hybridized carbons (Fsp3) is 0.381. The number of fused-ring (bicyclic) bond motifs is 1. The molecule has 1 atom stereocenters. The molecule has 1 N–H and O–H groups in total. The minimum atomic E-state index is 0.268. The van der Waals surface area contributed by atoms with Gasteiger partial charge in [-0.1, -0.05) is 44.2 Å². The number of nitrogens with one attached hydrogen (secondary N) is 1. The van der Waals surface area contributed by atoms with E-state index in [1.807, 2.05) is 18.6 Å². The number of imidazole rings is 1. The second-order valence-electron chi connectivity index (χ2n) is 7.25. The lowest BCUT2D eigenvalue weighted by molar-refractivity contribution is 0.168. The van der Waals surface area contributed by atoms with Gasteiger partial charge >= 0.3 is 0 Å². The molecular formula is C21H25N5. The van der Waals surface area contributed by atoms with Crippen LogP contribution in [0.1, 0.15) is 54.3 Å². The second-order valence-corrected chi connectivity index (χ2v) is 7.25. The van der Waals surface area contributed by atoms with E-state index in [0.29, 0.717) is 5.92 Å². The topological polar surface area (TPSA) is 57.7 Å². The van der Waals surface area contributed by atoms with E-state index < -0.39 is 0 Å². The van der Waals surface area contributed by atoms with Crippen molar-refractivity contribution in [3.05, 3.63) is 77.4 Å². The first-order valence-corrected chi connectivity index (χ1v) is 9.32. The summed E-state index contributed by atoms with van der Waals surface area (Å²) in [5.74, 6) is 1.26. The highest BCUT2D eigenvalue weighted by atomic mass is 15.2. The van der Waals surface area contributed by atoms with Crippen LogP contribution in [0.3, 0.4) is 0 Å². The van der Waals surface area contributed by atoms with E-state index in [9.17, 15) is 0 Å². The zero-order valence-corrected chi connectivity index (χ0v) is 15.4. The first-order chi connectivity index (χ1) is 12.7. The lowest BCUT2D eigenvalue weighted by Crippen LogP contribution is -2.36. The summed E-state index contributed by atoms with van der Waals surface area (Å²) in [4.78, 5) is 19.6. The monoisotopic (exact) mass is 347 g/mol. The molecule has 0 aliphatic carbocycles. The molecule has 0 unspecified atom stereocenters. The third kappa shape index (κ3) is 3.53. The molecule has 0 amide bonds. The average Bonchev–Trinajstić information content (AvgIpc) is 3.14. The van der Waals surface area contributed by atoms with Gasteiger partial charge in [-0.3, -0.25) is 4.90 Å². The maximum atomic E-state index is 4.77. The minimum Gasteiger partial charge on any atom is -0.348 e. The van der Waals surface area contributed by atoms with Crippen molar-refractivity contribution in [2.75, 3.05) is 6.54 Å². The molecule has 2 aromatic heterocycles. The molecule has 0 fully saturated rings. The van der Waals surface area contributed by atoms with Crippen molar-refractivity contribution in [1.29, 1.82) is 0 Å². The summed E-state index contributed by atoms with van der Waals surface area (Å²) in [6, 6.07) is 13.0. The number of H-pyrrole nitrogens is 1. The smallest absolute Gasteiger partial charge is 0.131 e. The van der Waals surface area contributed by atoms with Crippen LogP contribution in [-0.2, 0) is 19.4 Å². The molecule has 134 valence electrons. The van der Waals surface area contributed by atoms with E-state index in [-0.39, 0.29) is 6.04 Å². The third-order valence-electron chi connectivity index (χ3n) is 5.04. The Labute approximate surface area is 154 Å². The number of hydrogen-bond donors (Lipinski definition) is 1. The van der Waals surface area contributed by atoms with Gasteiger partial charge in [0.2, 0.25) is 0 Å². The van der Waals surface area contributed by atoms with Crippen molar-refractivity contribution in [1.82, 2.24) is 24.8 Å². The van der Waals surface area contributed by atoms with Crippen molar-refractivity contribution in [3.8, 4) is 0 Å². The fourth-order valence-corrected chi connectivity index (χ4v) is 3.64. The Bertz CT molecular complexity index is 856. The Morgan fingerprint density at radius 3 is 2.81 bits per heavy atom. The predicted octanol–water partition coefficient (Wildman–Crippen LogP) is 3.67. The summed E-state index contributed by atoms with van der Waals surface area (Å²) in [7, 11) is 0. The molecule has 3 aromatic rings. The van der Waals surface area contributed by atoms with E-state index >= 15 is 0 Å².